The smallest absolute Gasteiger partial charge is 0.151 e. The Morgan fingerprint density at radius 1 is 1.08 bits per heavy atom. The Bertz CT molecular complexity index is 624. The molecule has 2 fully saturated rings. The molecule has 1 aromatic rings. The Morgan fingerprint density at radius 3 is 2.33 bits per heavy atom. The average molecular weight is 354 g/mol. The van der Waals surface area contributed by atoms with Gasteiger partial charge in [-0.05, 0) is 30.7 Å². The molecule has 0 amide bonds. The van der Waals surface area contributed by atoms with E-state index in [1.54, 1.807) is 7.11 Å². The van der Waals surface area contributed by atoms with Gasteiger partial charge in [0.05, 0.1) is 18.6 Å². The van der Waals surface area contributed by atoms with Gasteiger partial charge in [0.25, 0.3) is 0 Å². The Labute approximate surface area is 144 Å². The SMILES string of the molecule is COc1ccc(OCCN2CCN([C@H]3CCS(=O)(=O)C3)CC2)cc1. The number of rotatable bonds is 6. The van der Waals surface area contributed by atoms with Crippen molar-refractivity contribution in [3.05, 3.63) is 24.3 Å². The Balaban J connectivity index is 1.36. The summed E-state index contributed by atoms with van der Waals surface area (Å²) in [4.78, 5) is 4.72. The molecule has 2 saturated heterocycles. The molecular formula is C17H26N2O4S. The van der Waals surface area contributed by atoms with Crippen LogP contribution in [-0.4, -0.2) is 82.2 Å². The number of piperazine rings is 1. The molecular weight excluding hydrogens is 328 g/mol. The van der Waals surface area contributed by atoms with E-state index in [9.17, 15) is 8.42 Å². The van der Waals surface area contributed by atoms with E-state index in [1.165, 1.54) is 0 Å². The lowest BCUT2D eigenvalue weighted by Crippen LogP contribution is -2.51. The highest BCUT2D eigenvalue weighted by Crippen LogP contribution is 2.19. The van der Waals surface area contributed by atoms with Gasteiger partial charge in [-0.1, -0.05) is 0 Å². The van der Waals surface area contributed by atoms with Crippen LogP contribution in [0.25, 0.3) is 0 Å². The maximum Gasteiger partial charge on any atom is 0.151 e. The van der Waals surface area contributed by atoms with E-state index in [1.807, 2.05) is 24.3 Å². The van der Waals surface area contributed by atoms with Crippen LogP contribution in [-0.2, 0) is 9.84 Å². The summed E-state index contributed by atoms with van der Waals surface area (Å²) < 4.78 is 34.1. The Morgan fingerprint density at radius 2 is 1.75 bits per heavy atom. The zero-order valence-corrected chi connectivity index (χ0v) is 15.0. The van der Waals surface area contributed by atoms with Crippen LogP contribution in [0.3, 0.4) is 0 Å². The molecule has 2 aliphatic heterocycles. The van der Waals surface area contributed by atoms with Gasteiger partial charge in [0.1, 0.15) is 18.1 Å². The van der Waals surface area contributed by atoms with E-state index in [0.717, 1.165) is 50.6 Å². The van der Waals surface area contributed by atoms with Crippen molar-refractivity contribution in [1.82, 2.24) is 9.80 Å². The van der Waals surface area contributed by atoms with E-state index < -0.39 is 9.84 Å². The first-order valence-corrected chi connectivity index (χ1v) is 10.3. The minimum absolute atomic E-state index is 0.229. The van der Waals surface area contributed by atoms with Crippen LogP contribution in [0, 0.1) is 0 Å². The number of ether oxygens (including phenoxy) is 2. The number of benzene rings is 1. The van der Waals surface area contributed by atoms with Crippen LogP contribution in [0.2, 0.25) is 0 Å². The first kappa shape index (κ1) is 17.5. The Kier molecular flexibility index (Phi) is 5.63. The number of nitrogens with zero attached hydrogens (tertiary/aromatic N) is 2. The number of methoxy groups -OCH3 is 1. The van der Waals surface area contributed by atoms with Gasteiger partial charge in [-0.3, -0.25) is 9.80 Å². The van der Waals surface area contributed by atoms with Crippen molar-refractivity contribution in [3.8, 4) is 11.5 Å². The molecule has 0 saturated carbocycles. The zero-order chi connectivity index (χ0) is 17.0. The lowest BCUT2D eigenvalue weighted by Gasteiger charge is -2.37. The van der Waals surface area contributed by atoms with Crippen molar-refractivity contribution in [3.63, 3.8) is 0 Å². The summed E-state index contributed by atoms with van der Waals surface area (Å²) >= 11 is 0. The van der Waals surface area contributed by atoms with Crippen LogP contribution >= 0.6 is 0 Å². The first-order chi connectivity index (χ1) is 11.6. The fraction of sp³-hybridized carbons (Fsp3) is 0.647. The largest absolute Gasteiger partial charge is 0.497 e. The van der Waals surface area contributed by atoms with Crippen LogP contribution in [0.1, 0.15) is 6.42 Å². The van der Waals surface area contributed by atoms with E-state index in [0.29, 0.717) is 18.1 Å². The van der Waals surface area contributed by atoms with Crippen molar-refractivity contribution in [1.29, 1.82) is 0 Å². The second kappa shape index (κ2) is 7.72. The molecule has 0 N–H and O–H groups in total. The van der Waals surface area contributed by atoms with Gasteiger partial charge in [0.15, 0.2) is 9.84 Å². The molecule has 0 aliphatic carbocycles. The lowest BCUT2D eigenvalue weighted by atomic mass is 10.2. The van der Waals surface area contributed by atoms with E-state index >= 15 is 0 Å². The summed E-state index contributed by atoms with van der Waals surface area (Å²) in [5, 5.41) is 0. The minimum Gasteiger partial charge on any atom is -0.497 e. The third-order valence-electron chi connectivity index (χ3n) is 4.87. The minimum atomic E-state index is -2.79. The molecule has 134 valence electrons. The molecule has 2 aliphatic rings. The molecule has 1 atom stereocenters. The fourth-order valence-corrected chi connectivity index (χ4v) is 5.14. The van der Waals surface area contributed by atoms with Crippen LogP contribution in [0.4, 0.5) is 0 Å². The highest BCUT2D eigenvalue weighted by Gasteiger charge is 2.33. The summed E-state index contributed by atoms with van der Waals surface area (Å²) in [7, 11) is -1.14. The van der Waals surface area contributed by atoms with Gasteiger partial charge in [-0.2, -0.15) is 0 Å². The van der Waals surface area contributed by atoms with E-state index in [2.05, 4.69) is 9.80 Å². The molecule has 0 bridgehead atoms. The monoisotopic (exact) mass is 354 g/mol. The summed E-state index contributed by atoms with van der Waals surface area (Å²) in [6, 6.07) is 7.84. The van der Waals surface area contributed by atoms with Gasteiger partial charge in [-0.15, -0.1) is 0 Å². The average Bonchev–Trinajstić information content (AvgIpc) is 2.96. The molecule has 24 heavy (non-hydrogen) atoms. The number of hydrogen-bond acceptors (Lipinski definition) is 6. The fourth-order valence-electron chi connectivity index (χ4n) is 3.38. The second-order valence-corrected chi connectivity index (χ2v) is 8.69. The standard InChI is InChI=1S/C17H26N2O4S/c1-22-16-2-4-17(5-3-16)23-12-11-18-7-9-19(10-8-18)15-6-13-24(20,21)14-15/h2-5,15H,6-14H2,1H3/t15-/m0/s1. The van der Waals surface area contributed by atoms with Gasteiger partial charge >= 0.3 is 0 Å². The lowest BCUT2D eigenvalue weighted by molar-refractivity contribution is 0.0937. The van der Waals surface area contributed by atoms with E-state index in [-0.39, 0.29) is 6.04 Å². The normalized spacial score (nSPS) is 24.8. The van der Waals surface area contributed by atoms with Crippen LogP contribution < -0.4 is 9.47 Å². The van der Waals surface area contributed by atoms with Crippen molar-refractivity contribution in [2.24, 2.45) is 0 Å². The van der Waals surface area contributed by atoms with Gasteiger partial charge in [0, 0.05) is 38.8 Å². The predicted molar refractivity (Wildman–Crippen MR) is 93.6 cm³/mol. The molecule has 3 rings (SSSR count). The molecule has 2 heterocycles. The topological polar surface area (TPSA) is 59.1 Å². The van der Waals surface area contributed by atoms with E-state index in [4.69, 9.17) is 9.47 Å². The molecule has 0 radical (unpaired) electrons. The molecule has 0 unspecified atom stereocenters. The summed E-state index contributed by atoms with van der Waals surface area (Å²) in [6.45, 7) is 5.39. The highest BCUT2D eigenvalue weighted by molar-refractivity contribution is 7.91. The van der Waals surface area contributed by atoms with Gasteiger partial charge in [0.2, 0.25) is 0 Å². The number of sulfone groups is 1. The molecule has 1 aromatic carbocycles. The van der Waals surface area contributed by atoms with Gasteiger partial charge in [-0.25, -0.2) is 8.42 Å². The first-order valence-electron chi connectivity index (χ1n) is 8.49. The molecule has 0 aromatic heterocycles. The van der Waals surface area contributed by atoms with Crippen molar-refractivity contribution in [2.45, 2.75) is 12.5 Å². The third kappa shape index (κ3) is 4.62. The van der Waals surface area contributed by atoms with Crippen molar-refractivity contribution < 1.29 is 17.9 Å². The van der Waals surface area contributed by atoms with Crippen molar-refractivity contribution in [2.75, 3.05) is 57.9 Å². The van der Waals surface area contributed by atoms with Gasteiger partial charge < -0.3 is 9.47 Å². The van der Waals surface area contributed by atoms with Crippen molar-refractivity contribution >= 4 is 9.84 Å². The highest BCUT2D eigenvalue weighted by atomic mass is 32.2. The van der Waals surface area contributed by atoms with Crippen LogP contribution in [0.15, 0.2) is 24.3 Å². The summed E-state index contributed by atoms with van der Waals surface area (Å²) in [5.41, 5.74) is 0. The quantitative estimate of drug-likeness (QED) is 0.756. The van der Waals surface area contributed by atoms with Crippen LogP contribution in [0.5, 0.6) is 11.5 Å². The summed E-state index contributed by atoms with van der Waals surface area (Å²) in [6.07, 6.45) is 0.795. The number of hydrogen-bond donors (Lipinski definition) is 0. The molecule has 7 heteroatoms. The molecule has 0 spiro atoms. The zero-order valence-electron chi connectivity index (χ0n) is 14.2. The maximum absolute atomic E-state index is 11.6. The maximum atomic E-state index is 11.6. The second-order valence-electron chi connectivity index (χ2n) is 6.46. The predicted octanol–water partition coefficient (Wildman–Crippen LogP) is 0.879. The summed E-state index contributed by atoms with van der Waals surface area (Å²) in [5.74, 6) is 2.37. The Hall–Kier alpha value is -1.31. The third-order valence-corrected chi connectivity index (χ3v) is 6.62. The molecule has 6 nitrogen and oxygen atoms in total.